The van der Waals surface area contributed by atoms with Gasteiger partial charge in [0.2, 0.25) is 0 Å². The topological polar surface area (TPSA) is 101 Å². The van der Waals surface area contributed by atoms with Crippen molar-refractivity contribution >= 4 is 5.82 Å². The fourth-order valence-electron chi connectivity index (χ4n) is 1.02. The second-order valence-electron chi connectivity index (χ2n) is 2.79. The monoisotopic (exact) mass is 198 g/mol. The number of anilines is 1. The van der Waals surface area contributed by atoms with E-state index in [1.54, 1.807) is 0 Å². The van der Waals surface area contributed by atoms with Crippen LogP contribution in [0.3, 0.4) is 0 Å². The number of aromatic nitrogens is 2. The second kappa shape index (κ2) is 4.73. The molecule has 0 fully saturated rings. The van der Waals surface area contributed by atoms with E-state index in [1.165, 1.54) is 6.20 Å². The molecule has 1 rings (SSSR count). The fourth-order valence-corrected chi connectivity index (χ4v) is 1.02. The summed E-state index contributed by atoms with van der Waals surface area (Å²) in [6, 6.07) is 0. The Morgan fingerprint density at radius 2 is 2.50 bits per heavy atom. The smallest absolute Gasteiger partial charge is 0.346 e. The van der Waals surface area contributed by atoms with Gasteiger partial charge in [0, 0.05) is 18.2 Å². The fraction of sp³-hybridized carbons (Fsp3) is 0.375. The molecule has 14 heavy (non-hydrogen) atoms. The molecule has 6 heteroatoms. The maximum absolute atomic E-state index is 10.7. The Balaban J connectivity index is 2.81. The number of hydrogen-bond acceptors (Lipinski definition) is 5. The lowest BCUT2D eigenvalue weighted by Gasteiger charge is -2.12. The number of nitrogens with two attached hydrogens (primary N) is 1. The van der Waals surface area contributed by atoms with Crippen LogP contribution in [0.4, 0.5) is 5.82 Å². The molecule has 4 N–H and O–H groups in total. The van der Waals surface area contributed by atoms with E-state index >= 15 is 0 Å². The standard InChI is InChI=1S/C8H12N3O3/c1-14-6(4-12)2-5-3-10-8(13)11-7(5)9/h3,6,12H,1-2,4H2,(H3,9,10,11,13). The molecule has 0 aromatic carbocycles. The Morgan fingerprint density at radius 3 is 3.00 bits per heavy atom. The minimum absolute atomic E-state index is 0.143. The van der Waals surface area contributed by atoms with Gasteiger partial charge >= 0.3 is 5.69 Å². The summed E-state index contributed by atoms with van der Waals surface area (Å²) in [4.78, 5) is 16.6. The Bertz CT molecular complexity index is 346. The van der Waals surface area contributed by atoms with Gasteiger partial charge in [-0.05, 0) is 0 Å². The first-order valence-corrected chi connectivity index (χ1v) is 4.03. The van der Waals surface area contributed by atoms with Crippen LogP contribution in [0.25, 0.3) is 0 Å². The summed E-state index contributed by atoms with van der Waals surface area (Å²) in [5.41, 5.74) is 5.61. The van der Waals surface area contributed by atoms with Gasteiger partial charge in [-0.15, -0.1) is 0 Å². The zero-order chi connectivity index (χ0) is 10.6. The Labute approximate surface area is 80.7 Å². The number of hydrogen-bond donors (Lipinski definition) is 3. The molecule has 1 heterocycles. The summed E-state index contributed by atoms with van der Waals surface area (Å²) in [5, 5.41) is 8.83. The van der Waals surface area contributed by atoms with Crippen molar-refractivity contribution in [3.8, 4) is 0 Å². The van der Waals surface area contributed by atoms with Gasteiger partial charge in [0.25, 0.3) is 0 Å². The highest BCUT2D eigenvalue weighted by molar-refractivity contribution is 5.36. The molecule has 0 aliphatic heterocycles. The first kappa shape index (κ1) is 10.7. The number of H-pyrrole nitrogens is 1. The summed E-state index contributed by atoms with van der Waals surface area (Å²) >= 11 is 0. The molecule has 0 saturated carbocycles. The lowest BCUT2D eigenvalue weighted by atomic mass is 10.1. The maximum atomic E-state index is 10.7. The first-order valence-electron chi connectivity index (χ1n) is 4.03. The second-order valence-corrected chi connectivity index (χ2v) is 2.79. The van der Waals surface area contributed by atoms with Crippen LogP contribution in [-0.4, -0.2) is 27.8 Å². The van der Waals surface area contributed by atoms with Crippen molar-refractivity contribution in [1.82, 2.24) is 9.97 Å². The van der Waals surface area contributed by atoms with Crippen LogP contribution < -0.4 is 11.4 Å². The molecular weight excluding hydrogens is 186 g/mol. The lowest BCUT2D eigenvalue weighted by Crippen LogP contribution is -2.21. The third-order valence-corrected chi connectivity index (χ3v) is 1.81. The minimum atomic E-state index is -0.498. The zero-order valence-corrected chi connectivity index (χ0v) is 7.56. The van der Waals surface area contributed by atoms with Crippen molar-refractivity contribution in [2.75, 3.05) is 12.3 Å². The normalized spacial score (nSPS) is 12.7. The van der Waals surface area contributed by atoms with E-state index in [9.17, 15) is 4.79 Å². The Kier molecular flexibility index (Phi) is 3.61. The highest BCUT2D eigenvalue weighted by Gasteiger charge is 2.10. The summed E-state index contributed by atoms with van der Waals surface area (Å²) in [7, 11) is 3.21. The van der Waals surface area contributed by atoms with E-state index in [0.717, 1.165) is 0 Å². The number of nitrogens with zero attached hydrogens (tertiary/aromatic N) is 1. The summed E-state index contributed by atoms with van der Waals surface area (Å²) in [5.74, 6) is 0.143. The molecule has 0 bridgehead atoms. The van der Waals surface area contributed by atoms with Crippen molar-refractivity contribution < 1.29 is 9.84 Å². The van der Waals surface area contributed by atoms with Gasteiger partial charge in [-0.3, -0.25) is 0 Å². The minimum Gasteiger partial charge on any atom is -0.394 e. The van der Waals surface area contributed by atoms with Gasteiger partial charge in [0.15, 0.2) is 0 Å². The van der Waals surface area contributed by atoms with Gasteiger partial charge in [0.05, 0.1) is 19.8 Å². The average molecular weight is 198 g/mol. The van der Waals surface area contributed by atoms with Crippen molar-refractivity contribution in [3.63, 3.8) is 0 Å². The third-order valence-electron chi connectivity index (χ3n) is 1.81. The van der Waals surface area contributed by atoms with Crippen LogP contribution in [0, 0.1) is 7.11 Å². The van der Waals surface area contributed by atoms with E-state index in [2.05, 4.69) is 17.1 Å². The van der Waals surface area contributed by atoms with Crippen molar-refractivity contribution in [2.45, 2.75) is 12.5 Å². The van der Waals surface area contributed by atoms with E-state index < -0.39 is 11.8 Å². The van der Waals surface area contributed by atoms with Gasteiger partial charge in [0.1, 0.15) is 5.82 Å². The highest BCUT2D eigenvalue weighted by atomic mass is 16.5. The number of aliphatic hydroxyl groups excluding tert-OH is 1. The summed E-state index contributed by atoms with van der Waals surface area (Å²) in [6.07, 6.45) is 1.37. The Hall–Kier alpha value is -1.40. The van der Waals surface area contributed by atoms with E-state index in [-0.39, 0.29) is 12.4 Å². The molecule has 1 atom stereocenters. The number of ether oxygens (including phenoxy) is 1. The van der Waals surface area contributed by atoms with Crippen LogP contribution in [0.15, 0.2) is 11.0 Å². The third kappa shape index (κ3) is 2.54. The molecule has 0 aliphatic carbocycles. The van der Waals surface area contributed by atoms with Crippen LogP contribution in [0.1, 0.15) is 5.56 Å². The van der Waals surface area contributed by atoms with Crippen LogP contribution in [0.5, 0.6) is 0 Å². The van der Waals surface area contributed by atoms with Gasteiger partial charge < -0.3 is 20.6 Å². The Morgan fingerprint density at radius 1 is 1.79 bits per heavy atom. The van der Waals surface area contributed by atoms with Crippen LogP contribution >= 0.6 is 0 Å². The molecule has 0 spiro atoms. The lowest BCUT2D eigenvalue weighted by molar-refractivity contribution is 0.0737. The molecule has 0 aliphatic rings. The number of nitrogen functional groups attached to an aromatic ring is 1. The van der Waals surface area contributed by atoms with Crippen molar-refractivity contribution in [3.05, 3.63) is 29.4 Å². The predicted octanol–water partition coefficient (Wildman–Crippen LogP) is -0.936. The SMILES string of the molecule is [CH2]OC(CO)Cc1c[nH]c(=O)nc1N. The molecule has 77 valence electrons. The molecule has 6 nitrogen and oxygen atoms in total. The molecule has 1 aromatic heterocycles. The quantitative estimate of drug-likeness (QED) is 0.579. The van der Waals surface area contributed by atoms with E-state index in [1.807, 2.05) is 0 Å². The maximum Gasteiger partial charge on any atom is 0.346 e. The molecule has 0 amide bonds. The molecule has 0 saturated heterocycles. The number of aromatic amines is 1. The van der Waals surface area contributed by atoms with Gasteiger partial charge in [-0.2, -0.15) is 4.98 Å². The molecular formula is C8H12N3O3. The molecule has 1 radical (unpaired) electrons. The molecule has 1 unspecified atom stereocenters. The van der Waals surface area contributed by atoms with E-state index in [0.29, 0.717) is 12.0 Å². The van der Waals surface area contributed by atoms with Crippen LogP contribution in [0.2, 0.25) is 0 Å². The summed E-state index contributed by atoms with van der Waals surface area (Å²) in [6.45, 7) is -0.165. The number of aliphatic hydroxyl groups is 1. The van der Waals surface area contributed by atoms with Crippen molar-refractivity contribution in [2.24, 2.45) is 0 Å². The first-order chi connectivity index (χ1) is 6.67. The average Bonchev–Trinajstić information content (AvgIpc) is 2.17. The van der Waals surface area contributed by atoms with Crippen molar-refractivity contribution in [1.29, 1.82) is 0 Å². The van der Waals surface area contributed by atoms with Gasteiger partial charge in [-0.25, -0.2) is 4.79 Å². The summed E-state index contributed by atoms with van der Waals surface area (Å²) < 4.78 is 4.71. The predicted molar refractivity (Wildman–Crippen MR) is 50.3 cm³/mol. The van der Waals surface area contributed by atoms with Gasteiger partial charge in [-0.1, -0.05) is 0 Å². The van der Waals surface area contributed by atoms with E-state index in [4.69, 9.17) is 15.6 Å². The largest absolute Gasteiger partial charge is 0.394 e. The zero-order valence-electron chi connectivity index (χ0n) is 7.56. The number of nitrogens with one attached hydrogen (secondary N) is 1. The molecule has 1 aromatic rings. The number of rotatable bonds is 4. The van der Waals surface area contributed by atoms with Crippen LogP contribution in [-0.2, 0) is 11.2 Å². The highest BCUT2D eigenvalue weighted by Crippen LogP contribution is 2.08.